The van der Waals surface area contributed by atoms with Crippen LogP contribution < -0.4 is 9.39 Å². The molecular weight excluding hydrogens is 363 g/mol. The molecule has 0 amide bonds. The molecule has 1 atom stereocenters. The van der Waals surface area contributed by atoms with Crippen molar-refractivity contribution in [2.24, 2.45) is 5.92 Å². The van der Waals surface area contributed by atoms with Crippen molar-refractivity contribution in [3.05, 3.63) is 23.3 Å². The molecule has 3 rings (SSSR count). The van der Waals surface area contributed by atoms with E-state index < -0.39 is 18.2 Å². The Balaban J connectivity index is 1.82. The summed E-state index contributed by atoms with van der Waals surface area (Å²) < 4.78 is 11.3. The topological polar surface area (TPSA) is 124 Å². The van der Waals surface area contributed by atoms with Crippen molar-refractivity contribution in [3.8, 4) is 11.5 Å². The minimum absolute atomic E-state index is 0.0652. The second-order valence-corrected chi connectivity index (χ2v) is 8.27. The average molecular weight is 380 g/mol. The zero-order valence-electron chi connectivity index (χ0n) is 13.2. The molecule has 0 radical (unpaired) electrons. The molecule has 2 aliphatic rings. The van der Waals surface area contributed by atoms with Crippen molar-refractivity contribution in [1.82, 2.24) is 0 Å². The number of benzene rings is 1. The number of carbonyl (C=O) groups is 1. The lowest BCUT2D eigenvalue weighted by molar-refractivity contribution is 0.0689. The van der Waals surface area contributed by atoms with E-state index in [1.54, 1.807) is 12.1 Å². The van der Waals surface area contributed by atoms with Crippen molar-refractivity contribution in [2.45, 2.75) is 24.4 Å². The molecule has 1 aliphatic carbocycles. The van der Waals surface area contributed by atoms with Crippen molar-refractivity contribution >= 4 is 46.5 Å². The first-order valence-corrected chi connectivity index (χ1v) is 9.53. The van der Waals surface area contributed by atoms with E-state index in [0.717, 1.165) is 41.9 Å². The zero-order chi connectivity index (χ0) is 18.0. The Morgan fingerprint density at radius 3 is 2.88 bits per heavy atom. The Kier molecular flexibility index (Phi) is 5.60. The SMILES string of the molecule is N=CSC(=N)S[C@H]1Cc2ccc(OCC3CC3)c(C(=O)O)c2OB1O. The lowest BCUT2D eigenvalue weighted by atomic mass is 9.77. The second-order valence-electron chi connectivity index (χ2n) is 5.88. The number of hydrogen-bond donors (Lipinski definition) is 4. The fourth-order valence-corrected chi connectivity index (χ4v) is 4.11. The number of aromatic carboxylic acids is 1. The van der Waals surface area contributed by atoms with Crippen molar-refractivity contribution in [1.29, 1.82) is 10.8 Å². The van der Waals surface area contributed by atoms with Crippen LogP contribution in [0.4, 0.5) is 0 Å². The van der Waals surface area contributed by atoms with Crippen LogP contribution >= 0.6 is 23.5 Å². The molecule has 1 saturated carbocycles. The minimum Gasteiger partial charge on any atom is -0.534 e. The summed E-state index contributed by atoms with van der Waals surface area (Å²) in [6.07, 6.45) is 2.56. The average Bonchev–Trinajstić information content (AvgIpc) is 3.37. The number of nitrogens with one attached hydrogen (secondary N) is 2. The van der Waals surface area contributed by atoms with Gasteiger partial charge in [0.25, 0.3) is 0 Å². The number of hydrogen-bond acceptors (Lipinski definition) is 8. The number of carboxylic acids is 1. The smallest absolute Gasteiger partial charge is 0.534 e. The molecule has 0 spiro atoms. The summed E-state index contributed by atoms with van der Waals surface area (Å²) in [5.74, 6) is -0.282. The normalized spacial score (nSPS) is 18.9. The van der Waals surface area contributed by atoms with Crippen LogP contribution in [0.2, 0.25) is 0 Å². The molecule has 1 aromatic rings. The van der Waals surface area contributed by atoms with Crippen LogP contribution in [0.3, 0.4) is 0 Å². The first kappa shape index (κ1) is 18.2. The summed E-state index contributed by atoms with van der Waals surface area (Å²) in [6, 6.07) is 3.38. The molecule has 1 aromatic carbocycles. The molecule has 10 heteroatoms. The van der Waals surface area contributed by atoms with Crippen LogP contribution in [-0.2, 0) is 6.42 Å². The highest BCUT2D eigenvalue weighted by Crippen LogP contribution is 2.40. The van der Waals surface area contributed by atoms with E-state index in [4.69, 9.17) is 20.2 Å². The van der Waals surface area contributed by atoms with Crippen molar-refractivity contribution in [2.75, 3.05) is 6.61 Å². The third-order valence-electron chi connectivity index (χ3n) is 3.99. The van der Waals surface area contributed by atoms with E-state index in [1.165, 1.54) is 0 Å². The predicted octanol–water partition coefficient (Wildman–Crippen LogP) is 2.51. The summed E-state index contributed by atoms with van der Waals surface area (Å²) in [5, 5.41) is 34.1. The Morgan fingerprint density at radius 1 is 1.48 bits per heavy atom. The maximum absolute atomic E-state index is 11.7. The monoisotopic (exact) mass is 380 g/mol. The number of carboxylic acid groups (broad SMARTS) is 1. The largest absolute Gasteiger partial charge is 0.537 e. The first-order valence-electron chi connectivity index (χ1n) is 7.77. The van der Waals surface area contributed by atoms with Gasteiger partial charge in [-0.3, -0.25) is 5.41 Å². The van der Waals surface area contributed by atoms with Gasteiger partial charge < -0.3 is 24.9 Å². The fraction of sp³-hybridized carbons (Fsp3) is 0.400. The summed E-state index contributed by atoms with van der Waals surface area (Å²) in [4.78, 5) is 11.7. The molecule has 1 fully saturated rings. The molecule has 1 aliphatic heterocycles. The number of ether oxygens (including phenoxy) is 1. The van der Waals surface area contributed by atoms with Gasteiger partial charge in [0.1, 0.15) is 21.4 Å². The van der Waals surface area contributed by atoms with Gasteiger partial charge in [0.15, 0.2) is 0 Å². The van der Waals surface area contributed by atoms with Crippen molar-refractivity contribution in [3.63, 3.8) is 0 Å². The molecule has 0 unspecified atom stereocenters. The number of thioether (sulfide) groups is 2. The van der Waals surface area contributed by atoms with Gasteiger partial charge in [0.05, 0.1) is 17.3 Å². The molecule has 132 valence electrons. The van der Waals surface area contributed by atoms with E-state index in [1.807, 2.05) is 0 Å². The predicted molar refractivity (Wildman–Crippen MR) is 99.4 cm³/mol. The molecule has 25 heavy (non-hydrogen) atoms. The van der Waals surface area contributed by atoms with Gasteiger partial charge in [-0.25, -0.2) is 4.79 Å². The molecule has 4 N–H and O–H groups in total. The number of rotatable bonds is 6. The van der Waals surface area contributed by atoms with E-state index >= 15 is 0 Å². The third kappa shape index (κ3) is 4.31. The Bertz CT molecular complexity index is 713. The molecule has 0 aromatic heterocycles. The lowest BCUT2D eigenvalue weighted by Crippen LogP contribution is -2.41. The molecule has 7 nitrogen and oxygen atoms in total. The van der Waals surface area contributed by atoms with E-state index in [9.17, 15) is 14.9 Å². The molecule has 0 saturated heterocycles. The maximum atomic E-state index is 11.7. The van der Waals surface area contributed by atoms with E-state index in [2.05, 4.69) is 0 Å². The van der Waals surface area contributed by atoms with Crippen LogP contribution in [0.1, 0.15) is 28.8 Å². The summed E-state index contributed by atoms with van der Waals surface area (Å²) in [7, 11) is -1.24. The van der Waals surface area contributed by atoms with Gasteiger partial charge >= 0.3 is 13.1 Å². The van der Waals surface area contributed by atoms with Gasteiger partial charge in [0.2, 0.25) is 0 Å². The van der Waals surface area contributed by atoms with Crippen LogP contribution in [0, 0.1) is 16.7 Å². The highest BCUT2D eigenvalue weighted by molar-refractivity contribution is 8.44. The highest BCUT2D eigenvalue weighted by Gasteiger charge is 2.39. The van der Waals surface area contributed by atoms with E-state index in [0.29, 0.717) is 24.5 Å². The minimum atomic E-state index is -1.24. The van der Waals surface area contributed by atoms with Crippen molar-refractivity contribution < 1.29 is 24.3 Å². The summed E-state index contributed by atoms with van der Waals surface area (Å²) in [5.41, 5.74) is 1.64. The highest BCUT2D eigenvalue weighted by atomic mass is 32.2. The summed E-state index contributed by atoms with van der Waals surface area (Å²) >= 11 is 2.04. The van der Waals surface area contributed by atoms with Gasteiger partial charge in [-0.15, -0.1) is 0 Å². The van der Waals surface area contributed by atoms with E-state index in [-0.39, 0.29) is 21.4 Å². The second kappa shape index (κ2) is 7.71. The van der Waals surface area contributed by atoms with Gasteiger partial charge in [-0.1, -0.05) is 29.6 Å². The quantitative estimate of drug-likeness (QED) is 0.340. The molecule has 1 heterocycles. The first-order chi connectivity index (χ1) is 12.0. The molecular formula is C15H17BN2O5S2. The van der Waals surface area contributed by atoms with Crippen LogP contribution in [0.25, 0.3) is 0 Å². The Labute approximate surface area is 153 Å². The summed E-state index contributed by atoms with van der Waals surface area (Å²) in [6.45, 7) is 0.484. The Morgan fingerprint density at radius 2 is 2.24 bits per heavy atom. The fourth-order valence-electron chi connectivity index (χ4n) is 2.55. The van der Waals surface area contributed by atoms with Gasteiger partial charge in [-0.05, 0) is 36.8 Å². The maximum Gasteiger partial charge on any atom is 0.537 e. The lowest BCUT2D eigenvalue weighted by Gasteiger charge is -2.28. The van der Waals surface area contributed by atoms with Gasteiger partial charge in [0, 0.05) is 0 Å². The number of fused-ring (bicyclic) bond motifs is 1. The van der Waals surface area contributed by atoms with Crippen LogP contribution in [0.5, 0.6) is 11.5 Å². The van der Waals surface area contributed by atoms with Crippen LogP contribution in [0.15, 0.2) is 12.1 Å². The third-order valence-corrected chi connectivity index (χ3v) is 5.81. The standard InChI is InChI=1S/C15H17BN2O5S2/c17-7-24-15(18)25-11-5-9-3-4-10(22-6-8-1-2-8)12(14(19)20)13(9)23-16(11)21/h3-4,7-8,11,17-18,21H,1-2,5-6H2,(H,19,20)/t11-/m0/s1. The van der Waals surface area contributed by atoms with Gasteiger partial charge in [-0.2, -0.15) is 0 Å². The Hall–Kier alpha value is -1.65. The van der Waals surface area contributed by atoms with Crippen LogP contribution in [-0.4, -0.2) is 44.9 Å². The molecule has 0 bridgehead atoms. The zero-order valence-corrected chi connectivity index (χ0v) is 14.9.